The fourth-order valence-corrected chi connectivity index (χ4v) is 2.28. The van der Waals surface area contributed by atoms with Crippen molar-refractivity contribution < 1.29 is 32.6 Å². The molecule has 0 aliphatic carbocycles. The molecule has 2 N–H and O–H groups in total. The van der Waals surface area contributed by atoms with Crippen LogP contribution in [0.2, 0.25) is 0 Å². The Bertz CT molecular complexity index is 595. The summed E-state index contributed by atoms with van der Waals surface area (Å²) in [6.07, 6.45) is 0.0801. The number of hydrogen-bond donors (Lipinski definition) is 2. The highest BCUT2D eigenvalue weighted by atomic mass is 32.2. The van der Waals surface area contributed by atoms with Crippen LogP contribution in [0.4, 0.5) is 0 Å². The van der Waals surface area contributed by atoms with Gasteiger partial charge in [-0.2, -0.15) is 4.72 Å². The van der Waals surface area contributed by atoms with Gasteiger partial charge in [0.1, 0.15) is 12.3 Å². The van der Waals surface area contributed by atoms with Gasteiger partial charge in [0.15, 0.2) is 0 Å². The van der Waals surface area contributed by atoms with Crippen LogP contribution in [0.3, 0.4) is 0 Å². The van der Waals surface area contributed by atoms with E-state index < -0.39 is 28.5 Å². The predicted octanol–water partition coefficient (Wildman–Crippen LogP) is -0.00860. The first-order valence-electron chi connectivity index (χ1n) is 5.86. The predicted molar refractivity (Wildman–Crippen MR) is 71.4 cm³/mol. The van der Waals surface area contributed by atoms with Gasteiger partial charge in [-0.1, -0.05) is 0 Å². The Balaban J connectivity index is 2.61. The number of aliphatic carboxylic acids is 1. The number of methoxy groups -OCH3 is 1. The maximum Gasteiger partial charge on any atom is 0.318 e. The second kappa shape index (κ2) is 7.60. The fourth-order valence-electron chi connectivity index (χ4n) is 1.31. The molecule has 21 heavy (non-hydrogen) atoms. The van der Waals surface area contributed by atoms with Crippen molar-refractivity contribution in [3.8, 4) is 5.75 Å². The van der Waals surface area contributed by atoms with Crippen molar-refractivity contribution in [3.63, 3.8) is 0 Å². The molecular formula is C12H15NO7S. The molecule has 1 rings (SSSR count). The Hall–Kier alpha value is -2.13. The minimum atomic E-state index is -3.87. The lowest BCUT2D eigenvalue weighted by molar-refractivity contribution is -0.141. The lowest BCUT2D eigenvalue weighted by Gasteiger charge is -2.07. The molecule has 0 fully saturated rings. The molecule has 0 aliphatic heterocycles. The summed E-state index contributed by atoms with van der Waals surface area (Å²) in [4.78, 5) is 21.1. The van der Waals surface area contributed by atoms with Crippen LogP contribution in [-0.4, -0.2) is 45.7 Å². The maximum atomic E-state index is 11.7. The third kappa shape index (κ3) is 5.79. The van der Waals surface area contributed by atoms with Gasteiger partial charge in [-0.25, -0.2) is 8.42 Å². The zero-order valence-electron chi connectivity index (χ0n) is 11.2. The fraction of sp³-hybridized carbons (Fsp3) is 0.333. The van der Waals surface area contributed by atoms with E-state index in [1.165, 1.54) is 31.4 Å². The van der Waals surface area contributed by atoms with Crippen LogP contribution in [0.15, 0.2) is 29.2 Å². The Kier molecular flexibility index (Phi) is 6.12. The topological polar surface area (TPSA) is 119 Å². The molecule has 0 aliphatic rings. The normalized spacial score (nSPS) is 10.9. The van der Waals surface area contributed by atoms with Crippen LogP contribution in [0.25, 0.3) is 0 Å². The van der Waals surface area contributed by atoms with Crippen molar-refractivity contribution in [2.24, 2.45) is 0 Å². The second-order valence-electron chi connectivity index (χ2n) is 3.86. The Morgan fingerprint density at radius 2 is 1.86 bits per heavy atom. The molecule has 0 spiro atoms. The molecule has 1 aromatic carbocycles. The van der Waals surface area contributed by atoms with E-state index in [0.29, 0.717) is 5.75 Å². The van der Waals surface area contributed by atoms with Crippen molar-refractivity contribution in [2.75, 3.05) is 20.3 Å². The average Bonchev–Trinajstić information content (AvgIpc) is 2.45. The van der Waals surface area contributed by atoms with E-state index in [0.717, 1.165) is 0 Å². The molecule has 0 bridgehead atoms. The van der Waals surface area contributed by atoms with Gasteiger partial charge in [0.25, 0.3) is 0 Å². The minimum Gasteiger partial charge on any atom is -0.493 e. The number of hydrogen-bond acceptors (Lipinski definition) is 6. The lowest BCUT2D eigenvalue weighted by Crippen LogP contribution is -2.29. The first kappa shape index (κ1) is 16.9. The molecule has 0 saturated heterocycles. The van der Waals surface area contributed by atoms with E-state index >= 15 is 0 Å². The highest BCUT2D eigenvalue weighted by molar-refractivity contribution is 7.89. The number of carboxylic acids is 1. The van der Waals surface area contributed by atoms with Crippen LogP contribution in [0.5, 0.6) is 5.75 Å². The summed E-state index contributed by atoms with van der Waals surface area (Å²) in [6.45, 7) is -0.588. The van der Waals surface area contributed by atoms with Gasteiger partial charge in [0.05, 0.1) is 25.0 Å². The molecule has 1 aromatic rings. The molecule has 0 heterocycles. The van der Waals surface area contributed by atoms with E-state index in [1.807, 2.05) is 4.72 Å². The molecule has 0 aromatic heterocycles. The molecule has 0 atom stereocenters. The quantitative estimate of drug-likeness (QED) is 0.647. The highest BCUT2D eigenvalue weighted by Crippen LogP contribution is 2.16. The largest absolute Gasteiger partial charge is 0.493 e. The number of esters is 1. The van der Waals surface area contributed by atoms with Gasteiger partial charge in [0.2, 0.25) is 10.0 Å². The molecule has 0 amide bonds. The van der Waals surface area contributed by atoms with Crippen LogP contribution >= 0.6 is 0 Å². The van der Waals surface area contributed by atoms with Crippen molar-refractivity contribution in [1.29, 1.82) is 0 Å². The van der Waals surface area contributed by atoms with Crippen molar-refractivity contribution >= 4 is 22.0 Å². The lowest BCUT2D eigenvalue weighted by atomic mass is 10.3. The van der Waals surface area contributed by atoms with Crippen LogP contribution in [0.1, 0.15) is 6.42 Å². The number of carbonyl (C=O) groups is 2. The van der Waals surface area contributed by atoms with E-state index in [4.69, 9.17) is 9.84 Å². The first-order chi connectivity index (χ1) is 9.85. The molecule has 8 nitrogen and oxygen atoms in total. The summed E-state index contributed by atoms with van der Waals surface area (Å²) in [7, 11) is -2.60. The zero-order valence-corrected chi connectivity index (χ0v) is 12.1. The Morgan fingerprint density at radius 1 is 1.24 bits per heavy atom. The minimum absolute atomic E-state index is 0.0796. The van der Waals surface area contributed by atoms with Gasteiger partial charge in [-0.3, -0.25) is 9.59 Å². The second-order valence-corrected chi connectivity index (χ2v) is 5.63. The smallest absolute Gasteiger partial charge is 0.318 e. The van der Waals surface area contributed by atoms with E-state index in [-0.39, 0.29) is 17.9 Å². The molecule has 0 saturated carbocycles. The van der Waals surface area contributed by atoms with E-state index in [1.54, 1.807) is 0 Å². The monoisotopic (exact) mass is 317 g/mol. The van der Waals surface area contributed by atoms with Gasteiger partial charge in [-0.05, 0) is 24.3 Å². The van der Waals surface area contributed by atoms with Crippen LogP contribution < -0.4 is 9.46 Å². The standard InChI is InChI=1S/C12H15NO7S/c1-19-12(16)6-7-20-9-2-4-10(5-3-9)21(17,18)13-8-11(14)15/h2-5,13H,6-8H2,1H3,(H,14,15). The third-order valence-electron chi connectivity index (χ3n) is 2.35. The van der Waals surface area contributed by atoms with Gasteiger partial charge < -0.3 is 14.6 Å². The molecule has 9 heteroatoms. The summed E-state index contributed by atoms with van der Waals surface area (Å²) in [5.41, 5.74) is 0. The SMILES string of the molecule is COC(=O)CCOc1ccc(S(=O)(=O)NCC(=O)O)cc1. The van der Waals surface area contributed by atoms with Gasteiger partial charge in [0, 0.05) is 0 Å². The number of carboxylic acid groups (broad SMARTS) is 1. The number of rotatable bonds is 8. The summed E-state index contributed by atoms with van der Waals surface area (Å²) < 4.78 is 35.0. The number of ether oxygens (including phenoxy) is 2. The highest BCUT2D eigenvalue weighted by Gasteiger charge is 2.15. The van der Waals surface area contributed by atoms with Gasteiger partial charge >= 0.3 is 11.9 Å². The molecule has 0 unspecified atom stereocenters. The van der Waals surface area contributed by atoms with E-state index in [2.05, 4.69) is 4.74 Å². The number of nitrogens with one attached hydrogen (secondary N) is 1. The van der Waals surface area contributed by atoms with Crippen molar-refractivity contribution in [1.82, 2.24) is 4.72 Å². The number of sulfonamides is 1. The van der Waals surface area contributed by atoms with Gasteiger partial charge in [-0.15, -0.1) is 0 Å². The number of carbonyl (C=O) groups excluding carboxylic acids is 1. The Labute approximate surface area is 121 Å². The van der Waals surface area contributed by atoms with E-state index in [9.17, 15) is 18.0 Å². The Morgan fingerprint density at radius 3 is 2.38 bits per heavy atom. The van der Waals surface area contributed by atoms with Crippen molar-refractivity contribution in [3.05, 3.63) is 24.3 Å². The zero-order chi connectivity index (χ0) is 15.9. The maximum absolute atomic E-state index is 11.7. The summed E-state index contributed by atoms with van der Waals surface area (Å²) in [6, 6.07) is 5.37. The number of benzene rings is 1. The average molecular weight is 317 g/mol. The molecular weight excluding hydrogens is 302 g/mol. The van der Waals surface area contributed by atoms with Crippen LogP contribution in [-0.2, 0) is 24.3 Å². The molecule has 116 valence electrons. The van der Waals surface area contributed by atoms with Crippen molar-refractivity contribution in [2.45, 2.75) is 11.3 Å². The first-order valence-corrected chi connectivity index (χ1v) is 7.34. The van der Waals surface area contributed by atoms with Crippen LogP contribution in [0, 0.1) is 0 Å². The molecule has 0 radical (unpaired) electrons. The summed E-state index contributed by atoms with van der Waals surface area (Å²) in [5, 5.41) is 8.45. The summed E-state index contributed by atoms with van der Waals surface area (Å²) >= 11 is 0. The third-order valence-corrected chi connectivity index (χ3v) is 3.77. The summed E-state index contributed by atoms with van der Waals surface area (Å²) in [5.74, 6) is -1.30.